The number of carbonyl (C=O) groups excluding carboxylic acids is 1. The molecule has 0 aliphatic rings. The summed E-state index contributed by atoms with van der Waals surface area (Å²) in [6.07, 6.45) is 0. The lowest BCUT2D eigenvalue weighted by Gasteiger charge is -2.12. The van der Waals surface area contributed by atoms with E-state index in [0.717, 1.165) is 5.56 Å². The number of nitrogens with one attached hydrogen (secondary N) is 2. The molecule has 0 atom stereocenters. The Hall–Kier alpha value is -2.84. The summed E-state index contributed by atoms with van der Waals surface area (Å²) in [5, 5.41) is 2.79. The Balaban J connectivity index is 1.59. The number of amides is 1. The Morgan fingerprint density at radius 2 is 1.72 bits per heavy atom. The molecule has 0 aliphatic carbocycles. The number of sulfonamides is 1. The number of anilines is 1. The molecule has 0 spiro atoms. The first kappa shape index (κ1) is 23.8. The first-order valence-corrected chi connectivity index (χ1v) is 12.7. The van der Waals surface area contributed by atoms with Crippen LogP contribution in [0.25, 0.3) is 0 Å². The standard InChI is InChI=1S/C24H25FN2O3S2/c1-17-7-11-21(12-8-17)27-32(29,30)23-15-19(10-9-18(23)2)24(28)26-13-14-31-16-20-5-3-4-6-22(20)25/h3-12,15,27H,13-14,16H2,1-2H3,(H,26,28). The van der Waals surface area contributed by atoms with Crippen LogP contribution in [0.3, 0.4) is 0 Å². The highest BCUT2D eigenvalue weighted by Crippen LogP contribution is 2.21. The quantitative estimate of drug-likeness (QED) is 0.434. The molecule has 3 rings (SSSR count). The number of rotatable bonds is 9. The number of hydrogen-bond donors (Lipinski definition) is 2. The van der Waals surface area contributed by atoms with Crippen molar-refractivity contribution in [3.63, 3.8) is 0 Å². The molecule has 0 aliphatic heterocycles. The van der Waals surface area contributed by atoms with Crippen molar-refractivity contribution in [3.8, 4) is 0 Å². The number of aryl methyl sites for hydroxylation is 2. The van der Waals surface area contributed by atoms with Gasteiger partial charge in [-0.3, -0.25) is 9.52 Å². The third-order valence-electron chi connectivity index (χ3n) is 4.79. The van der Waals surface area contributed by atoms with Gasteiger partial charge in [0.1, 0.15) is 5.82 Å². The van der Waals surface area contributed by atoms with Crippen molar-refractivity contribution in [1.29, 1.82) is 0 Å². The summed E-state index contributed by atoms with van der Waals surface area (Å²) in [5.74, 6) is 0.520. The smallest absolute Gasteiger partial charge is 0.262 e. The van der Waals surface area contributed by atoms with Gasteiger partial charge in [0.2, 0.25) is 0 Å². The molecule has 32 heavy (non-hydrogen) atoms. The van der Waals surface area contributed by atoms with Crippen LogP contribution in [0.2, 0.25) is 0 Å². The average Bonchev–Trinajstić information content (AvgIpc) is 2.76. The molecule has 168 valence electrons. The molecule has 0 radical (unpaired) electrons. The fourth-order valence-electron chi connectivity index (χ4n) is 3.00. The van der Waals surface area contributed by atoms with Crippen molar-refractivity contribution in [3.05, 3.63) is 94.8 Å². The van der Waals surface area contributed by atoms with Crippen LogP contribution in [0.5, 0.6) is 0 Å². The molecular formula is C24H25FN2O3S2. The monoisotopic (exact) mass is 472 g/mol. The molecule has 1 amide bonds. The van der Waals surface area contributed by atoms with Gasteiger partial charge in [0, 0.05) is 29.3 Å². The summed E-state index contributed by atoms with van der Waals surface area (Å²) in [6.45, 7) is 3.99. The van der Waals surface area contributed by atoms with E-state index in [-0.39, 0.29) is 22.2 Å². The van der Waals surface area contributed by atoms with Crippen LogP contribution < -0.4 is 10.0 Å². The minimum atomic E-state index is -3.85. The average molecular weight is 473 g/mol. The van der Waals surface area contributed by atoms with Gasteiger partial charge < -0.3 is 5.32 Å². The molecule has 0 fully saturated rings. The topological polar surface area (TPSA) is 75.3 Å². The summed E-state index contributed by atoms with van der Waals surface area (Å²) in [5.41, 5.74) is 2.91. The van der Waals surface area contributed by atoms with Crippen molar-refractivity contribution in [2.45, 2.75) is 24.5 Å². The van der Waals surface area contributed by atoms with Crippen LogP contribution in [-0.4, -0.2) is 26.6 Å². The molecule has 0 bridgehead atoms. The number of carbonyl (C=O) groups is 1. The fraction of sp³-hybridized carbons (Fsp3) is 0.208. The second-order valence-electron chi connectivity index (χ2n) is 7.35. The molecule has 0 saturated carbocycles. The van der Waals surface area contributed by atoms with Crippen LogP contribution >= 0.6 is 11.8 Å². The van der Waals surface area contributed by atoms with Gasteiger partial charge in [-0.25, -0.2) is 12.8 Å². The van der Waals surface area contributed by atoms with Gasteiger partial charge in [0.15, 0.2) is 0 Å². The minimum absolute atomic E-state index is 0.0552. The maximum Gasteiger partial charge on any atom is 0.262 e. The first-order valence-electron chi connectivity index (χ1n) is 10.1. The number of benzene rings is 3. The first-order chi connectivity index (χ1) is 15.3. The van der Waals surface area contributed by atoms with E-state index in [9.17, 15) is 17.6 Å². The molecule has 0 saturated heterocycles. The molecule has 3 aromatic carbocycles. The van der Waals surface area contributed by atoms with E-state index in [1.54, 1.807) is 49.4 Å². The molecule has 0 unspecified atom stereocenters. The molecule has 3 aromatic rings. The van der Waals surface area contributed by atoms with E-state index in [4.69, 9.17) is 0 Å². The SMILES string of the molecule is Cc1ccc(NS(=O)(=O)c2cc(C(=O)NCCSCc3ccccc3F)ccc2C)cc1. The molecule has 5 nitrogen and oxygen atoms in total. The van der Waals surface area contributed by atoms with Crippen LogP contribution in [0.4, 0.5) is 10.1 Å². The lowest BCUT2D eigenvalue weighted by molar-refractivity contribution is 0.0956. The third kappa shape index (κ3) is 6.34. The van der Waals surface area contributed by atoms with Gasteiger partial charge in [0.25, 0.3) is 15.9 Å². The van der Waals surface area contributed by atoms with Crippen LogP contribution in [-0.2, 0) is 15.8 Å². The molecule has 0 heterocycles. The number of hydrogen-bond acceptors (Lipinski definition) is 4. The van der Waals surface area contributed by atoms with Gasteiger partial charge in [-0.2, -0.15) is 11.8 Å². The second kappa shape index (κ2) is 10.7. The van der Waals surface area contributed by atoms with E-state index < -0.39 is 10.0 Å². The van der Waals surface area contributed by atoms with E-state index in [1.807, 2.05) is 19.1 Å². The molecule has 0 aromatic heterocycles. The van der Waals surface area contributed by atoms with Crippen molar-refractivity contribution in [2.75, 3.05) is 17.0 Å². The zero-order valence-corrected chi connectivity index (χ0v) is 19.5. The van der Waals surface area contributed by atoms with Crippen molar-refractivity contribution in [2.24, 2.45) is 0 Å². The van der Waals surface area contributed by atoms with E-state index in [1.165, 1.54) is 23.9 Å². The largest absolute Gasteiger partial charge is 0.351 e. The highest BCUT2D eigenvalue weighted by atomic mass is 32.2. The lowest BCUT2D eigenvalue weighted by atomic mass is 10.1. The molecule has 2 N–H and O–H groups in total. The Labute approximate surface area is 192 Å². The van der Waals surface area contributed by atoms with E-state index in [0.29, 0.717) is 34.9 Å². The second-order valence-corrected chi connectivity index (χ2v) is 10.1. The van der Waals surface area contributed by atoms with Gasteiger partial charge in [-0.1, -0.05) is 42.0 Å². The van der Waals surface area contributed by atoms with E-state index in [2.05, 4.69) is 10.0 Å². The summed E-state index contributed by atoms with van der Waals surface area (Å²) >= 11 is 1.51. The van der Waals surface area contributed by atoms with Crippen LogP contribution in [0, 0.1) is 19.7 Å². The minimum Gasteiger partial charge on any atom is -0.351 e. The molecule has 8 heteroatoms. The van der Waals surface area contributed by atoms with Crippen molar-refractivity contribution in [1.82, 2.24) is 5.32 Å². The Bertz CT molecular complexity index is 1200. The normalized spacial score (nSPS) is 11.2. The van der Waals surface area contributed by atoms with Crippen molar-refractivity contribution >= 4 is 33.4 Å². The zero-order valence-electron chi connectivity index (χ0n) is 17.9. The predicted molar refractivity (Wildman–Crippen MR) is 128 cm³/mol. The molecular weight excluding hydrogens is 447 g/mol. The fourth-order valence-corrected chi connectivity index (χ4v) is 5.17. The summed E-state index contributed by atoms with van der Waals surface area (Å²) in [7, 11) is -3.85. The van der Waals surface area contributed by atoms with Crippen LogP contribution in [0.15, 0.2) is 71.6 Å². The number of thioether (sulfide) groups is 1. The highest BCUT2D eigenvalue weighted by molar-refractivity contribution is 7.98. The lowest BCUT2D eigenvalue weighted by Crippen LogP contribution is -2.26. The van der Waals surface area contributed by atoms with Gasteiger partial charge in [0.05, 0.1) is 4.90 Å². The van der Waals surface area contributed by atoms with Gasteiger partial charge in [-0.15, -0.1) is 0 Å². The van der Waals surface area contributed by atoms with E-state index >= 15 is 0 Å². The highest BCUT2D eigenvalue weighted by Gasteiger charge is 2.19. The summed E-state index contributed by atoms with van der Waals surface area (Å²) in [6, 6.07) is 18.2. The Morgan fingerprint density at radius 3 is 2.44 bits per heavy atom. The maximum absolute atomic E-state index is 13.6. The van der Waals surface area contributed by atoms with Gasteiger partial charge in [-0.05, 0) is 55.3 Å². The van der Waals surface area contributed by atoms with Gasteiger partial charge >= 0.3 is 0 Å². The summed E-state index contributed by atoms with van der Waals surface area (Å²) < 4.78 is 41.9. The zero-order chi connectivity index (χ0) is 23.1. The number of halogens is 1. The van der Waals surface area contributed by atoms with Crippen molar-refractivity contribution < 1.29 is 17.6 Å². The summed E-state index contributed by atoms with van der Waals surface area (Å²) in [4.78, 5) is 12.6. The van der Waals surface area contributed by atoms with Crippen LogP contribution in [0.1, 0.15) is 27.0 Å². The Morgan fingerprint density at radius 1 is 1.00 bits per heavy atom. The predicted octanol–water partition coefficient (Wildman–Crippen LogP) is 4.91. The Kier molecular flexibility index (Phi) is 7.93. The third-order valence-corrected chi connectivity index (χ3v) is 7.32. The maximum atomic E-state index is 13.6.